The normalized spacial score (nSPS) is 22.6. The molecule has 1 aliphatic heterocycles. The molecule has 0 spiro atoms. The molecule has 20 heavy (non-hydrogen) atoms. The Labute approximate surface area is 119 Å². The Morgan fingerprint density at radius 2 is 2.15 bits per heavy atom. The first-order valence-electron chi connectivity index (χ1n) is 6.70. The van der Waals surface area contributed by atoms with Crippen molar-refractivity contribution < 1.29 is 9.47 Å². The van der Waals surface area contributed by atoms with Crippen molar-refractivity contribution >= 4 is 5.82 Å². The maximum Gasteiger partial charge on any atom is 0.169 e. The van der Waals surface area contributed by atoms with Gasteiger partial charge in [-0.25, -0.2) is 0 Å². The molecule has 6 nitrogen and oxygen atoms in total. The van der Waals surface area contributed by atoms with Crippen LogP contribution in [-0.2, 0) is 9.47 Å². The molecule has 2 heterocycles. The Morgan fingerprint density at radius 1 is 1.40 bits per heavy atom. The van der Waals surface area contributed by atoms with Crippen LogP contribution in [0.2, 0.25) is 0 Å². The van der Waals surface area contributed by atoms with Gasteiger partial charge in [0.25, 0.3) is 0 Å². The first-order valence-corrected chi connectivity index (χ1v) is 6.70. The smallest absolute Gasteiger partial charge is 0.169 e. The van der Waals surface area contributed by atoms with Gasteiger partial charge >= 0.3 is 0 Å². The van der Waals surface area contributed by atoms with Gasteiger partial charge in [-0.1, -0.05) is 0 Å². The summed E-state index contributed by atoms with van der Waals surface area (Å²) >= 11 is 0. The minimum atomic E-state index is -0.0151. The third-order valence-corrected chi connectivity index (χ3v) is 3.53. The SMILES string of the molecule is COCC1CN(c2nnc(C)c(C)c2C#N)CC(C)O1. The van der Waals surface area contributed by atoms with Crippen molar-refractivity contribution in [1.29, 1.82) is 5.26 Å². The monoisotopic (exact) mass is 276 g/mol. The van der Waals surface area contributed by atoms with Crippen LogP contribution in [0.5, 0.6) is 0 Å². The van der Waals surface area contributed by atoms with Gasteiger partial charge < -0.3 is 14.4 Å². The molecule has 1 saturated heterocycles. The number of rotatable bonds is 3. The van der Waals surface area contributed by atoms with Crippen LogP contribution in [0.4, 0.5) is 5.82 Å². The largest absolute Gasteiger partial charge is 0.382 e. The number of anilines is 1. The van der Waals surface area contributed by atoms with Crippen molar-refractivity contribution in [2.45, 2.75) is 33.0 Å². The van der Waals surface area contributed by atoms with Crippen molar-refractivity contribution in [1.82, 2.24) is 10.2 Å². The second-order valence-electron chi connectivity index (χ2n) is 5.15. The molecule has 0 bridgehead atoms. The number of morpholine rings is 1. The van der Waals surface area contributed by atoms with Crippen LogP contribution in [0.3, 0.4) is 0 Å². The number of hydrogen-bond acceptors (Lipinski definition) is 6. The summed E-state index contributed by atoms with van der Waals surface area (Å²) in [4.78, 5) is 2.07. The molecule has 1 aromatic rings. The van der Waals surface area contributed by atoms with Crippen LogP contribution in [0.15, 0.2) is 0 Å². The average Bonchev–Trinajstić information content (AvgIpc) is 2.41. The molecule has 2 atom stereocenters. The molecule has 0 N–H and O–H groups in total. The number of hydrogen-bond donors (Lipinski definition) is 0. The van der Waals surface area contributed by atoms with Gasteiger partial charge in [0.05, 0.1) is 24.5 Å². The molecule has 1 fully saturated rings. The molecule has 2 unspecified atom stereocenters. The Hall–Kier alpha value is -1.71. The van der Waals surface area contributed by atoms with Gasteiger partial charge in [-0.2, -0.15) is 10.4 Å². The van der Waals surface area contributed by atoms with E-state index in [0.29, 0.717) is 31.1 Å². The second kappa shape index (κ2) is 6.16. The topological polar surface area (TPSA) is 71.3 Å². The van der Waals surface area contributed by atoms with E-state index in [1.165, 1.54) is 0 Å². The van der Waals surface area contributed by atoms with Crippen LogP contribution in [0, 0.1) is 25.2 Å². The van der Waals surface area contributed by atoms with Gasteiger partial charge in [0.2, 0.25) is 0 Å². The van der Waals surface area contributed by atoms with Gasteiger partial charge in [-0.3, -0.25) is 0 Å². The average molecular weight is 276 g/mol. The Balaban J connectivity index is 2.31. The molecule has 0 aromatic carbocycles. The summed E-state index contributed by atoms with van der Waals surface area (Å²) in [5.41, 5.74) is 2.28. The number of aromatic nitrogens is 2. The highest BCUT2D eigenvalue weighted by molar-refractivity contribution is 5.57. The van der Waals surface area contributed by atoms with E-state index in [1.807, 2.05) is 20.8 Å². The summed E-state index contributed by atoms with van der Waals surface area (Å²) in [6.07, 6.45) is 0.0533. The molecule has 6 heteroatoms. The summed E-state index contributed by atoms with van der Waals surface area (Å²) in [5, 5.41) is 17.8. The second-order valence-corrected chi connectivity index (χ2v) is 5.15. The van der Waals surface area contributed by atoms with Crippen molar-refractivity contribution in [2.75, 3.05) is 31.7 Å². The van der Waals surface area contributed by atoms with E-state index in [4.69, 9.17) is 9.47 Å². The third-order valence-electron chi connectivity index (χ3n) is 3.53. The summed E-state index contributed by atoms with van der Waals surface area (Å²) < 4.78 is 11.0. The maximum atomic E-state index is 9.39. The first-order chi connectivity index (χ1) is 9.56. The van der Waals surface area contributed by atoms with E-state index in [2.05, 4.69) is 21.2 Å². The van der Waals surface area contributed by atoms with Crippen LogP contribution >= 0.6 is 0 Å². The molecular formula is C14H20N4O2. The predicted octanol–water partition coefficient (Wildman–Crippen LogP) is 1.21. The van der Waals surface area contributed by atoms with Crippen molar-refractivity contribution in [2.24, 2.45) is 0 Å². The fourth-order valence-electron chi connectivity index (χ4n) is 2.45. The standard InChI is InChI=1S/C14H20N4O2/c1-9-6-18(7-12(20-9)8-19-4)14-13(5-15)10(2)11(3)16-17-14/h9,12H,6-8H2,1-4H3. The summed E-state index contributed by atoms with van der Waals surface area (Å²) in [7, 11) is 1.66. The molecule has 0 amide bonds. The fourth-order valence-corrected chi connectivity index (χ4v) is 2.45. The van der Waals surface area contributed by atoms with Crippen molar-refractivity contribution in [3.63, 3.8) is 0 Å². The number of nitrogens with zero attached hydrogens (tertiary/aromatic N) is 4. The predicted molar refractivity (Wildman–Crippen MR) is 74.6 cm³/mol. The van der Waals surface area contributed by atoms with E-state index in [1.54, 1.807) is 7.11 Å². The number of nitriles is 1. The van der Waals surface area contributed by atoms with Crippen LogP contribution < -0.4 is 4.90 Å². The highest BCUT2D eigenvalue weighted by atomic mass is 16.5. The minimum absolute atomic E-state index is 0.0151. The summed E-state index contributed by atoms with van der Waals surface area (Å²) in [5.74, 6) is 0.645. The van der Waals surface area contributed by atoms with E-state index in [9.17, 15) is 5.26 Å². The highest BCUT2D eigenvalue weighted by Crippen LogP contribution is 2.24. The van der Waals surface area contributed by atoms with Gasteiger partial charge in [0, 0.05) is 20.2 Å². The fraction of sp³-hybridized carbons (Fsp3) is 0.643. The lowest BCUT2D eigenvalue weighted by molar-refractivity contribution is -0.0513. The maximum absolute atomic E-state index is 9.39. The van der Waals surface area contributed by atoms with E-state index < -0.39 is 0 Å². The van der Waals surface area contributed by atoms with E-state index in [0.717, 1.165) is 11.3 Å². The molecule has 1 aromatic heterocycles. The number of aryl methyl sites for hydroxylation is 1. The zero-order valence-corrected chi connectivity index (χ0v) is 12.4. The lowest BCUT2D eigenvalue weighted by Gasteiger charge is -2.37. The van der Waals surface area contributed by atoms with Gasteiger partial charge in [0.1, 0.15) is 11.6 Å². The molecule has 0 saturated carbocycles. The van der Waals surface area contributed by atoms with Gasteiger partial charge in [-0.15, -0.1) is 5.10 Å². The number of methoxy groups -OCH3 is 1. The Bertz CT molecular complexity index is 527. The number of ether oxygens (including phenoxy) is 2. The van der Waals surface area contributed by atoms with Gasteiger partial charge in [0.15, 0.2) is 5.82 Å². The van der Waals surface area contributed by atoms with E-state index in [-0.39, 0.29) is 12.2 Å². The molecule has 108 valence electrons. The van der Waals surface area contributed by atoms with Crippen LogP contribution in [-0.4, -0.2) is 49.2 Å². The van der Waals surface area contributed by atoms with Gasteiger partial charge in [-0.05, 0) is 26.3 Å². The Kier molecular flexibility index (Phi) is 4.53. The molecule has 0 aliphatic carbocycles. The lowest BCUT2D eigenvalue weighted by atomic mass is 10.1. The molecule has 2 rings (SSSR count). The molecular weight excluding hydrogens is 256 g/mol. The van der Waals surface area contributed by atoms with Crippen LogP contribution in [0.25, 0.3) is 0 Å². The Morgan fingerprint density at radius 3 is 2.80 bits per heavy atom. The first kappa shape index (κ1) is 14.7. The van der Waals surface area contributed by atoms with Crippen molar-refractivity contribution in [3.05, 3.63) is 16.8 Å². The summed E-state index contributed by atoms with van der Waals surface area (Å²) in [6.45, 7) is 7.66. The zero-order chi connectivity index (χ0) is 14.7. The van der Waals surface area contributed by atoms with Crippen molar-refractivity contribution in [3.8, 4) is 6.07 Å². The zero-order valence-electron chi connectivity index (χ0n) is 12.4. The molecule has 1 aliphatic rings. The highest BCUT2D eigenvalue weighted by Gasteiger charge is 2.28. The lowest BCUT2D eigenvalue weighted by Crippen LogP contribution is -2.49. The van der Waals surface area contributed by atoms with Crippen LogP contribution in [0.1, 0.15) is 23.7 Å². The minimum Gasteiger partial charge on any atom is -0.382 e. The summed E-state index contributed by atoms with van der Waals surface area (Å²) in [6, 6.07) is 2.25. The quantitative estimate of drug-likeness (QED) is 0.826. The molecule has 0 radical (unpaired) electrons. The third kappa shape index (κ3) is 2.89. The van der Waals surface area contributed by atoms with E-state index >= 15 is 0 Å².